The van der Waals surface area contributed by atoms with E-state index in [1.165, 1.54) is 17.7 Å². The van der Waals surface area contributed by atoms with Crippen LogP contribution >= 0.6 is 0 Å². The monoisotopic (exact) mass is 384 g/mol. The van der Waals surface area contributed by atoms with Crippen molar-refractivity contribution in [2.24, 2.45) is 11.1 Å². The maximum absolute atomic E-state index is 13.4. The van der Waals surface area contributed by atoms with Crippen molar-refractivity contribution in [1.29, 1.82) is 0 Å². The number of ether oxygens (including phenoxy) is 2. The van der Waals surface area contributed by atoms with E-state index in [1.807, 2.05) is 13.8 Å². The third kappa shape index (κ3) is 3.74. The molecule has 0 bridgehead atoms. The van der Waals surface area contributed by atoms with Crippen molar-refractivity contribution in [2.75, 3.05) is 26.3 Å². The smallest absolute Gasteiger partial charge is 0.131 e. The van der Waals surface area contributed by atoms with Crippen LogP contribution in [0.2, 0.25) is 0 Å². The molecule has 1 heterocycles. The molecular formula is C23H29FN2O2. The molecule has 1 aliphatic carbocycles. The molecule has 2 N–H and O–H groups in total. The van der Waals surface area contributed by atoms with Gasteiger partial charge in [0.15, 0.2) is 0 Å². The van der Waals surface area contributed by atoms with E-state index in [4.69, 9.17) is 15.2 Å². The lowest BCUT2D eigenvalue weighted by atomic mass is 9.61. The van der Waals surface area contributed by atoms with Crippen molar-refractivity contribution >= 4 is 0 Å². The third-order valence-electron chi connectivity index (χ3n) is 5.77. The van der Waals surface area contributed by atoms with E-state index in [0.717, 1.165) is 55.1 Å². The zero-order chi connectivity index (χ0) is 19.7. The molecule has 5 heteroatoms. The molecule has 4 rings (SSSR count). The van der Waals surface area contributed by atoms with Crippen LogP contribution in [0.4, 0.5) is 4.39 Å². The summed E-state index contributed by atoms with van der Waals surface area (Å²) in [7, 11) is 0. The Morgan fingerprint density at radius 2 is 1.61 bits per heavy atom. The highest BCUT2D eigenvalue weighted by molar-refractivity contribution is 5.77. The summed E-state index contributed by atoms with van der Waals surface area (Å²) in [5, 5.41) is 0. The minimum absolute atomic E-state index is 0.251. The zero-order valence-corrected chi connectivity index (χ0v) is 16.7. The second-order valence-electron chi connectivity index (χ2n) is 8.15. The summed E-state index contributed by atoms with van der Waals surface area (Å²) in [4.78, 5) is 2.46. The molecule has 0 unspecified atom stereocenters. The largest absolute Gasteiger partial charge is 0.493 e. The predicted octanol–water partition coefficient (Wildman–Crippen LogP) is 4.21. The van der Waals surface area contributed by atoms with Gasteiger partial charge in [-0.25, -0.2) is 4.39 Å². The minimum atomic E-state index is -0.251. The standard InChI is InChI=1S/C23H29FN2O2/c1-3-27-20-9-16(13-26-14-23(15-26)11-19(25)12-23)10-21(28-4-2)22(20)17-5-7-18(24)8-6-17/h5-10,19H,3-4,11-15,25H2,1-2H3. The van der Waals surface area contributed by atoms with Gasteiger partial charge < -0.3 is 15.2 Å². The average molecular weight is 384 g/mol. The van der Waals surface area contributed by atoms with E-state index in [2.05, 4.69) is 17.0 Å². The second kappa shape index (κ2) is 7.72. The van der Waals surface area contributed by atoms with Crippen molar-refractivity contribution < 1.29 is 13.9 Å². The molecule has 4 nitrogen and oxygen atoms in total. The van der Waals surface area contributed by atoms with E-state index in [1.54, 1.807) is 12.1 Å². The summed E-state index contributed by atoms with van der Waals surface area (Å²) in [6.07, 6.45) is 2.31. The van der Waals surface area contributed by atoms with Gasteiger partial charge in [-0.15, -0.1) is 0 Å². The molecule has 2 aromatic rings. The Labute approximate surface area is 166 Å². The van der Waals surface area contributed by atoms with E-state index >= 15 is 0 Å². The molecule has 0 atom stereocenters. The molecule has 0 aromatic heterocycles. The van der Waals surface area contributed by atoms with Gasteiger partial charge >= 0.3 is 0 Å². The lowest BCUT2D eigenvalue weighted by Gasteiger charge is -2.58. The van der Waals surface area contributed by atoms with E-state index in [0.29, 0.717) is 24.7 Å². The van der Waals surface area contributed by atoms with Crippen LogP contribution in [0.15, 0.2) is 36.4 Å². The minimum Gasteiger partial charge on any atom is -0.493 e. The highest BCUT2D eigenvalue weighted by Crippen LogP contribution is 2.48. The van der Waals surface area contributed by atoms with Crippen LogP contribution in [0.25, 0.3) is 11.1 Å². The molecule has 2 fully saturated rings. The van der Waals surface area contributed by atoms with Crippen LogP contribution in [-0.2, 0) is 6.54 Å². The van der Waals surface area contributed by atoms with E-state index < -0.39 is 0 Å². The number of nitrogens with two attached hydrogens (primary N) is 1. The number of halogens is 1. The molecule has 0 radical (unpaired) electrons. The Bertz CT molecular complexity index is 796. The first-order chi connectivity index (χ1) is 13.5. The lowest BCUT2D eigenvalue weighted by molar-refractivity contribution is -0.0753. The van der Waals surface area contributed by atoms with Crippen molar-refractivity contribution in [1.82, 2.24) is 4.90 Å². The Morgan fingerprint density at radius 3 is 2.11 bits per heavy atom. The van der Waals surface area contributed by atoms with Gasteiger partial charge in [0.05, 0.1) is 18.8 Å². The summed E-state index contributed by atoms with van der Waals surface area (Å²) >= 11 is 0. The summed E-state index contributed by atoms with van der Waals surface area (Å²) < 4.78 is 25.3. The molecule has 1 saturated carbocycles. The van der Waals surface area contributed by atoms with Gasteiger partial charge in [-0.3, -0.25) is 4.90 Å². The summed E-state index contributed by atoms with van der Waals surface area (Å²) in [5.41, 5.74) is 9.40. The first kappa shape index (κ1) is 19.2. The first-order valence-corrected chi connectivity index (χ1v) is 10.2. The Kier molecular flexibility index (Phi) is 5.30. The molecule has 2 aliphatic rings. The van der Waals surface area contributed by atoms with Crippen molar-refractivity contribution in [3.63, 3.8) is 0 Å². The third-order valence-corrected chi connectivity index (χ3v) is 5.77. The van der Waals surface area contributed by atoms with Crippen LogP contribution in [0.3, 0.4) is 0 Å². The fourth-order valence-corrected chi connectivity index (χ4v) is 4.76. The average Bonchev–Trinajstić information content (AvgIpc) is 2.60. The number of benzene rings is 2. The van der Waals surface area contributed by atoms with Gasteiger partial charge in [-0.05, 0) is 67.5 Å². The topological polar surface area (TPSA) is 47.7 Å². The maximum Gasteiger partial charge on any atom is 0.131 e. The van der Waals surface area contributed by atoms with E-state index in [9.17, 15) is 4.39 Å². The van der Waals surface area contributed by atoms with Gasteiger partial charge in [0.1, 0.15) is 17.3 Å². The summed E-state index contributed by atoms with van der Waals surface area (Å²) in [6, 6.07) is 11.1. The maximum atomic E-state index is 13.4. The molecule has 0 amide bonds. The van der Waals surface area contributed by atoms with Crippen LogP contribution in [-0.4, -0.2) is 37.2 Å². The molecular weight excluding hydrogens is 355 g/mol. The zero-order valence-electron chi connectivity index (χ0n) is 16.7. The summed E-state index contributed by atoms with van der Waals surface area (Å²) in [6.45, 7) is 8.19. The number of likely N-dealkylation sites (tertiary alicyclic amines) is 1. The number of rotatable bonds is 7. The van der Waals surface area contributed by atoms with Crippen molar-refractivity contribution in [3.05, 3.63) is 47.8 Å². The van der Waals surface area contributed by atoms with Crippen LogP contribution in [0.5, 0.6) is 11.5 Å². The number of nitrogens with zero attached hydrogens (tertiary/aromatic N) is 1. The molecule has 2 aromatic carbocycles. The highest BCUT2D eigenvalue weighted by atomic mass is 19.1. The fraction of sp³-hybridized carbons (Fsp3) is 0.478. The van der Waals surface area contributed by atoms with Crippen molar-refractivity contribution in [2.45, 2.75) is 39.3 Å². The van der Waals surface area contributed by atoms with Gasteiger partial charge in [0, 0.05) is 25.7 Å². The normalized spacial score (nSPS) is 18.6. The first-order valence-electron chi connectivity index (χ1n) is 10.2. The van der Waals surface area contributed by atoms with Crippen LogP contribution < -0.4 is 15.2 Å². The van der Waals surface area contributed by atoms with Crippen LogP contribution in [0.1, 0.15) is 32.3 Å². The fourth-order valence-electron chi connectivity index (χ4n) is 4.76. The predicted molar refractivity (Wildman–Crippen MR) is 109 cm³/mol. The van der Waals surface area contributed by atoms with Gasteiger partial charge in [0.25, 0.3) is 0 Å². The quantitative estimate of drug-likeness (QED) is 0.777. The van der Waals surface area contributed by atoms with E-state index in [-0.39, 0.29) is 5.82 Å². The van der Waals surface area contributed by atoms with Crippen LogP contribution in [0, 0.1) is 11.2 Å². The molecule has 1 saturated heterocycles. The lowest BCUT2D eigenvalue weighted by Crippen LogP contribution is -2.64. The van der Waals surface area contributed by atoms with Gasteiger partial charge in [0.2, 0.25) is 0 Å². The van der Waals surface area contributed by atoms with Gasteiger partial charge in [-0.1, -0.05) is 12.1 Å². The summed E-state index contributed by atoms with van der Waals surface area (Å²) in [5.74, 6) is 1.32. The Balaban J connectivity index is 1.60. The second-order valence-corrected chi connectivity index (χ2v) is 8.15. The molecule has 28 heavy (non-hydrogen) atoms. The molecule has 1 aliphatic heterocycles. The Morgan fingerprint density at radius 1 is 1.04 bits per heavy atom. The van der Waals surface area contributed by atoms with Gasteiger partial charge in [-0.2, -0.15) is 0 Å². The Hall–Kier alpha value is -2.11. The number of hydrogen-bond donors (Lipinski definition) is 1. The van der Waals surface area contributed by atoms with Crippen molar-refractivity contribution in [3.8, 4) is 22.6 Å². The molecule has 150 valence electrons. The molecule has 1 spiro atoms. The number of hydrogen-bond acceptors (Lipinski definition) is 4. The highest BCUT2D eigenvalue weighted by Gasteiger charge is 2.50. The SMILES string of the molecule is CCOc1cc(CN2CC3(CC(N)C3)C2)cc(OCC)c1-c1ccc(F)cc1.